The van der Waals surface area contributed by atoms with E-state index in [0.717, 1.165) is 35.2 Å². The van der Waals surface area contributed by atoms with Crippen molar-refractivity contribution in [2.24, 2.45) is 5.92 Å². The normalized spacial score (nSPS) is 18.3. The molecule has 2 fully saturated rings. The number of hydrogen-bond donors (Lipinski definition) is 1. The Balaban J connectivity index is 1.03. The van der Waals surface area contributed by atoms with Crippen LogP contribution < -0.4 is 14.8 Å². The minimum atomic E-state index is -0.0955. The lowest BCUT2D eigenvalue weighted by atomic mass is 9.95. The fourth-order valence-corrected chi connectivity index (χ4v) is 5.41. The number of amides is 2. The van der Waals surface area contributed by atoms with Crippen molar-refractivity contribution in [3.05, 3.63) is 47.5 Å². The van der Waals surface area contributed by atoms with Crippen LogP contribution in [0.1, 0.15) is 60.5 Å². The van der Waals surface area contributed by atoms with Crippen LogP contribution in [-0.4, -0.2) is 51.6 Å². The van der Waals surface area contributed by atoms with Crippen molar-refractivity contribution < 1.29 is 19.1 Å². The molecule has 2 aromatic carbocycles. The van der Waals surface area contributed by atoms with Gasteiger partial charge in [0.1, 0.15) is 5.52 Å². The number of carbonyl (C=O) groups is 2. The van der Waals surface area contributed by atoms with E-state index in [1.807, 2.05) is 46.0 Å². The Hall–Kier alpha value is -3.62. The molecule has 0 atom stereocenters. The average molecular weight is 476 g/mol. The second-order valence-electron chi connectivity index (χ2n) is 9.65. The van der Waals surface area contributed by atoms with Crippen molar-refractivity contribution in [3.63, 3.8) is 0 Å². The molecule has 35 heavy (non-hydrogen) atoms. The third-order valence-corrected chi connectivity index (χ3v) is 7.45. The van der Waals surface area contributed by atoms with E-state index in [4.69, 9.17) is 9.47 Å². The monoisotopic (exact) mass is 475 g/mol. The SMILES string of the molecule is O=C(NCc1ccc2c(c1)OCO2)C1CCN(C(=O)c2ccc3c(c2)nnn3C2CCCC2)CC1. The predicted octanol–water partition coefficient (Wildman–Crippen LogP) is 3.44. The zero-order chi connectivity index (χ0) is 23.8. The molecule has 1 N–H and O–H groups in total. The number of carbonyl (C=O) groups excluding carboxylic acids is 2. The lowest BCUT2D eigenvalue weighted by Gasteiger charge is -2.31. The number of hydrogen-bond acceptors (Lipinski definition) is 6. The maximum atomic E-state index is 13.1. The molecule has 0 radical (unpaired) electrons. The Bertz CT molecular complexity index is 1260. The highest BCUT2D eigenvalue weighted by Gasteiger charge is 2.28. The van der Waals surface area contributed by atoms with E-state index in [1.165, 1.54) is 12.8 Å². The van der Waals surface area contributed by atoms with E-state index in [-0.39, 0.29) is 24.5 Å². The van der Waals surface area contributed by atoms with Gasteiger partial charge in [-0.25, -0.2) is 4.68 Å². The third kappa shape index (κ3) is 4.31. The van der Waals surface area contributed by atoms with Gasteiger partial charge in [-0.3, -0.25) is 9.59 Å². The summed E-state index contributed by atoms with van der Waals surface area (Å²) in [6.07, 6.45) is 6.04. The summed E-state index contributed by atoms with van der Waals surface area (Å²) in [5, 5.41) is 11.7. The molecule has 0 unspecified atom stereocenters. The second-order valence-corrected chi connectivity index (χ2v) is 9.65. The van der Waals surface area contributed by atoms with E-state index in [1.54, 1.807) is 0 Å². The maximum absolute atomic E-state index is 13.1. The lowest BCUT2D eigenvalue weighted by Crippen LogP contribution is -2.42. The van der Waals surface area contributed by atoms with Gasteiger partial charge in [-0.15, -0.1) is 5.10 Å². The highest BCUT2D eigenvalue weighted by Crippen LogP contribution is 2.33. The number of nitrogens with one attached hydrogen (secondary N) is 1. The third-order valence-electron chi connectivity index (χ3n) is 7.45. The largest absolute Gasteiger partial charge is 0.454 e. The lowest BCUT2D eigenvalue weighted by molar-refractivity contribution is -0.126. The van der Waals surface area contributed by atoms with Crippen LogP contribution in [0.25, 0.3) is 11.0 Å². The van der Waals surface area contributed by atoms with Crippen LogP contribution in [0.5, 0.6) is 11.5 Å². The standard InChI is InChI=1S/C26H29N5O4/c32-25(27-15-17-5-8-23-24(13-17)35-16-34-23)18-9-11-30(12-10-18)26(33)19-6-7-22-21(14-19)28-29-31(22)20-3-1-2-4-20/h5-8,13-14,18,20H,1-4,9-12,15-16H2,(H,27,32). The van der Waals surface area contributed by atoms with Crippen LogP contribution in [0.2, 0.25) is 0 Å². The number of fused-ring (bicyclic) bond motifs is 2. The first-order valence-corrected chi connectivity index (χ1v) is 12.5. The topological polar surface area (TPSA) is 98.6 Å². The molecule has 2 aliphatic heterocycles. The quantitative estimate of drug-likeness (QED) is 0.607. The number of piperidine rings is 1. The molecule has 1 aliphatic carbocycles. The summed E-state index contributed by atoms with van der Waals surface area (Å²) in [5.41, 5.74) is 3.35. The number of likely N-dealkylation sites (tertiary alicyclic amines) is 1. The first-order chi connectivity index (χ1) is 17.2. The van der Waals surface area contributed by atoms with Crippen molar-refractivity contribution >= 4 is 22.8 Å². The van der Waals surface area contributed by atoms with Gasteiger partial charge in [0.25, 0.3) is 5.91 Å². The number of rotatable bonds is 5. The summed E-state index contributed by atoms with van der Waals surface area (Å²) in [6.45, 7) is 1.80. The van der Waals surface area contributed by atoms with Crippen LogP contribution in [0.15, 0.2) is 36.4 Å². The minimum Gasteiger partial charge on any atom is -0.454 e. The summed E-state index contributed by atoms with van der Waals surface area (Å²) in [7, 11) is 0. The molecule has 3 heterocycles. The van der Waals surface area contributed by atoms with Crippen LogP contribution >= 0.6 is 0 Å². The van der Waals surface area contributed by atoms with Gasteiger partial charge < -0.3 is 19.7 Å². The second kappa shape index (κ2) is 9.20. The zero-order valence-corrected chi connectivity index (χ0v) is 19.6. The average Bonchev–Trinajstić information content (AvgIpc) is 3.66. The number of aromatic nitrogens is 3. The molecular weight excluding hydrogens is 446 g/mol. The van der Waals surface area contributed by atoms with Gasteiger partial charge in [-0.05, 0) is 61.6 Å². The van der Waals surface area contributed by atoms with Crippen molar-refractivity contribution in [1.29, 1.82) is 0 Å². The molecule has 6 rings (SSSR count). The van der Waals surface area contributed by atoms with Crippen molar-refractivity contribution in [2.75, 3.05) is 19.9 Å². The number of benzene rings is 2. The molecular formula is C26H29N5O4. The van der Waals surface area contributed by atoms with E-state index in [0.29, 0.717) is 49.8 Å². The molecule has 0 bridgehead atoms. The molecule has 9 heteroatoms. The Morgan fingerprint density at radius 3 is 2.60 bits per heavy atom. The molecule has 182 valence electrons. The molecule has 3 aromatic rings. The summed E-state index contributed by atoms with van der Waals surface area (Å²) < 4.78 is 12.7. The van der Waals surface area contributed by atoms with Crippen molar-refractivity contribution in [1.82, 2.24) is 25.2 Å². The number of ether oxygens (including phenoxy) is 2. The van der Waals surface area contributed by atoms with Gasteiger partial charge in [0.2, 0.25) is 12.7 Å². The molecule has 1 saturated heterocycles. The van der Waals surface area contributed by atoms with Gasteiger partial charge in [-0.2, -0.15) is 0 Å². The van der Waals surface area contributed by atoms with Gasteiger partial charge in [0.15, 0.2) is 11.5 Å². The molecule has 9 nitrogen and oxygen atoms in total. The summed E-state index contributed by atoms with van der Waals surface area (Å²) >= 11 is 0. The highest BCUT2D eigenvalue weighted by atomic mass is 16.7. The molecule has 3 aliphatic rings. The van der Waals surface area contributed by atoms with Crippen LogP contribution in [0.3, 0.4) is 0 Å². The van der Waals surface area contributed by atoms with Crippen molar-refractivity contribution in [3.8, 4) is 11.5 Å². The molecule has 2 amide bonds. The smallest absolute Gasteiger partial charge is 0.253 e. The van der Waals surface area contributed by atoms with Gasteiger partial charge in [-0.1, -0.05) is 24.1 Å². The Kier molecular flexibility index (Phi) is 5.75. The first kappa shape index (κ1) is 21.9. The summed E-state index contributed by atoms with van der Waals surface area (Å²) in [6, 6.07) is 11.8. The van der Waals surface area contributed by atoms with Crippen LogP contribution in [0.4, 0.5) is 0 Å². The minimum absolute atomic E-state index is 0.0125. The van der Waals surface area contributed by atoms with Crippen molar-refractivity contribution in [2.45, 2.75) is 51.1 Å². The van der Waals surface area contributed by atoms with Crippen LogP contribution in [0, 0.1) is 5.92 Å². The van der Waals surface area contributed by atoms with Gasteiger partial charge in [0.05, 0.1) is 11.6 Å². The van der Waals surface area contributed by atoms with Gasteiger partial charge >= 0.3 is 0 Å². The van der Waals surface area contributed by atoms with E-state index in [9.17, 15) is 9.59 Å². The Morgan fingerprint density at radius 2 is 1.77 bits per heavy atom. The fraction of sp³-hybridized carbons (Fsp3) is 0.462. The van der Waals surface area contributed by atoms with E-state index >= 15 is 0 Å². The van der Waals surface area contributed by atoms with Crippen LogP contribution in [-0.2, 0) is 11.3 Å². The molecule has 1 aromatic heterocycles. The molecule has 1 saturated carbocycles. The van der Waals surface area contributed by atoms with Gasteiger partial charge in [0, 0.05) is 31.1 Å². The zero-order valence-electron chi connectivity index (χ0n) is 19.6. The highest BCUT2D eigenvalue weighted by molar-refractivity contribution is 5.97. The molecule has 0 spiro atoms. The Labute approximate surface area is 203 Å². The predicted molar refractivity (Wildman–Crippen MR) is 128 cm³/mol. The first-order valence-electron chi connectivity index (χ1n) is 12.5. The maximum Gasteiger partial charge on any atom is 0.253 e. The summed E-state index contributed by atoms with van der Waals surface area (Å²) in [5.74, 6) is 1.36. The number of nitrogens with zero attached hydrogens (tertiary/aromatic N) is 4. The summed E-state index contributed by atoms with van der Waals surface area (Å²) in [4.78, 5) is 27.7. The van der Waals surface area contributed by atoms with E-state index < -0.39 is 0 Å². The van der Waals surface area contributed by atoms with E-state index in [2.05, 4.69) is 15.6 Å². The Morgan fingerprint density at radius 1 is 0.971 bits per heavy atom. The fourth-order valence-electron chi connectivity index (χ4n) is 5.41.